The minimum atomic E-state index is -4.11. The molecule has 1 aromatic rings. The van der Waals surface area contributed by atoms with Crippen molar-refractivity contribution in [1.29, 1.82) is 0 Å². The number of hydrogen-bond donors (Lipinski definition) is 3. The third-order valence-electron chi connectivity index (χ3n) is 6.62. The Bertz CT molecular complexity index is 941. The van der Waals surface area contributed by atoms with Gasteiger partial charge in [-0.15, -0.1) is 0 Å². The third-order valence-corrected chi connectivity index (χ3v) is 8.55. The van der Waals surface area contributed by atoms with Crippen LogP contribution < -0.4 is 16.2 Å². The molecule has 0 saturated heterocycles. The van der Waals surface area contributed by atoms with E-state index in [1.54, 1.807) is 32.9 Å². The number of nitrogens with two attached hydrogens (primary N) is 2. The second kappa shape index (κ2) is 8.43. The van der Waals surface area contributed by atoms with Gasteiger partial charge in [0.1, 0.15) is 11.3 Å². The number of carboxylic acid groups (broad SMARTS) is 1. The van der Waals surface area contributed by atoms with Crippen LogP contribution in [0, 0.1) is 11.3 Å². The SMILES string of the molecule is CC(CN=C(N)N)C(C)(C)[C@@](C)(C(=O)O)N(C)S(=O)(=O)c1ccc2c(c1)CCCO2. The van der Waals surface area contributed by atoms with Gasteiger partial charge in [-0.2, -0.15) is 4.31 Å². The molecule has 1 unspecified atom stereocenters. The van der Waals surface area contributed by atoms with Gasteiger partial charge in [0, 0.05) is 13.6 Å². The van der Waals surface area contributed by atoms with Crippen LogP contribution in [0.3, 0.4) is 0 Å². The van der Waals surface area contributed by atoms with Crippen LogP contribution in [0.5, 0.6) is 5.75 Å². The number of benzene rings is 1. The highest BCUT2D eigenvalue weighted by Gasteiger charge is 2.56. The lowest BCUT2D eigenvalue weighted by Gasteiger charge is -2.48. The van der Waals surface area contributed by atoms with E-state index in [1.807, 2.05) is 0 Å². The van der Waals surface area contributed by atoms with Gasteiger partial charge >= 0.3 is 5.97 Å². The zero-order valence-electron chi connectivity index (χ0n) is 18.2. The van der Waals surface area contributed by atoms with Crippen LogP contribution >= 0.6 is 0 Å². The van der Waals surface area contributed by atoms with Crippen LogP contribution in [-0.4, -0.2) is 55.5 Å². The minimum Gasteiger partial charge on any atom is -0.493 e. The molecule has 1 aliphatic rings. The fourth-order valence-corrected chi connectivity index (χ4v) is 5.30. The van der Waals surface area contributed by atoms with E-state index < -0.39 is 26.9 Å². The molecule has 0 saturated carbocycles. The summed E-state index contributed by atoms with van der Waals surface area (Å²) in [7, 11) is -2.81. The number of rotatable bonds is 8. The summed E-state index contributed by atoms with van der Waals surface area (Å²) < 4.78 is 33.4. The molecule has 0 spiro atoms. The number of carboxylic acids is 1. The van der Waals surface area contributed by atoms with Gasteiger partial charge in [-0.05, 0) is 54.9 Å². The van der Waals surface area contributed by atoms with Crippen LogP contribution in [0.1, 0.15) is 39.7 Å². The maximum atomic E-state index is 13.5. The van der Waals surface area contributed by atoms with Crippen molar-refractivity contribution >= 4 is 22.0 Å². The number of aliphatic imine (C=N–C) groups is 1. The number of aryl methyl sites for hydroxylation is 1. The van der Waals surface area contributed by atoms with Crippen molar-refractivity contribution in [1.82, 2.24) is 4.31 Å². The molecule has 0 aromatic heterocycles. The van der Waals surface area contributed by atoms with E-state index in [9.17, 15) is 18.3 Å². The van der Waals surface area contributed by atoms with E-state index >= 15 is 0 Å². The molecule has 0 radical (unpaired) electrons. The number of fused-ring (bicyclic) bond motifs is 1. The predicted molar refractivity (Wildman–Crippen MR) is 115 cm³/mol. The molecular formula is C20H32N4O5S. The summed E-state index contributed by atoms with van der Waals surface area (Å²) in [5.74, 6) is -1.03. The van der Waals surface area contributed by atoms with Crippen LogP contribution in [0.15, 0.2) is 28.1 Å². The van der Waals surface area contributed by atoms with Crippen molar-refractivity contribution in [3.05, 3.63) is 23.8 Å². The molecule has 0 bridgehead atoms. The lowest BCUT2D eigenvalue weighted by Crippen LogP contribution is -2.63. The van der Waals surface area contributed by atoms with Crippen molar-refractivity contribution in [2.24, 2.45) is 27.8 Å². The maximum Gasteiger partial charge on any atom is 0.325 e. The molecule has 2 rings (SSSR count). The topological polar surface area (TPSA) is 148 Å². The van der Waals surface area contributed by atoms with E-state index in [-0.39, 0.29) is 23.3 Å². The average Bonchev–Trinajstić information content (AvgIpc) is 2.69. The number of nitrogens with zero attached hydrogens (tertiary/aromatic N) is 2. The van der Waals surface area contributed by atoms with E-state index in [4.69, 9.17) is 16.2 Å². The van der Waals surface area contributed by atoms with Crippen molar-refractivity contribution in [2.75, 3.05) is 20.2 Å². The van der Waals surface area contributed by atoms with Crippen molar-refractivity contribution in [3.8, 4) is 5.75 Å². The normalized spacial score (nSPS) is 17.4. The van der Waals surface area contributed by atoms with E-state index in [0.717, 1.165) is 16.3 Å². The first-order chi connectivity index (χ1) is 13.8. The Kier molecular flexibility index (Phi) is 6.72. The molecule has 2 atom stereocenters. The van der Waals surface area contributed by atoms with Crippen LogP contribution in [-0.2, 0) is 21.2 Å². The zero-order chi connectivity index (χ0) is 22.9. The summed E-state index contributed by atoms with van der Waals surface area (Å²) in [5.41, 5.74) is 8.83. The highest BCUT2D eigenvalue weighted by molar-refractivity contribution is 7.89. The standard InChI is InChI=1S/C20H32N4O5S/c1-13(12-23-18(21)22)19(2,3)20(4,17(25)26)24(5)30(27,28)15-8-9-16-14(11-15)7-6-10-29-16/h8-9,11,13H,6-7,10,12H2,1-5H3,(H,25,26)(H4,21,22,23)/t13?,20-/m1/s1. The minimum absolute atomic E-state index is 0.0365. The highest BCUT2D eigenvalue weighted by Crippen LogP contribution is 2.44. The van der Waals surface area contributed by atoms with Gasteiger partial charge in [0.15, 0.2) is 5.96 Å². The number of aliphatic carboxylic acids is 1. The molecule has 0 fully saturated rings. The van der Waals surface area contributed by atoms with Crippen molar-refractivity contribution in [2.45, 2.75) is 51.0 Å². The van der Waals surface area contributed by atoms with Gasteiger partial charge in [-0.1, -0.05) is 20.8 Å². The molecule has 0 aliphatic carbocycles. The molecule has 10 heteroatoms. The van der Waals surface area contributed by atoms with Crippen molar-refractivity contribution in [3.63, 3.8) is 0 Å². The lowest BCUT2D eigenvalue weighted by molar-refractivity contribution is -0.156. The summed E-state index contributed by atoms with van der Waals surface area (Å²) in [4.78, 5) is 16.5. The Balaban J connectivity index is 2.50. The Morgan fingerprint density at radius 3 is 2.53 bits per heavy atom. The van der Waals surface area contributed by atoms with Gasteiger partial charge < -0.3 is 21.3 Å². The number of sulfonamides is 1. The number of likely N-dealkylation sites (N-methyl/N-ethyl adjacent to an activating group) is 1. The molecule has 1 heterocycles. The molecule has 5 N–H and O–H groups in total. The molecule has 1 aliphatic heterocycles. The first-order valence-electron chi connectivity index (χ1n) is 9.79. The molecule has 0 amide bonds. The molecular weight excluding hydrogens is 408 g/mol. The van der Waals surface area contributed by atoms with Crippen molar-refractivity contribution < 1.29 is 23.1 Å². The first kappa shape index (κ1) is 23.9. The van der Waals surface area contributed by atoms with Gasteiger partial charge in [-0.25, -0.2) is 8.42 Å². The molecule has 9 nitrogen and oxygen atoms in total. The Hall–Kier alpha value is -2.33. The maximum absolute atomic E-state index is 13.5. The monoisotopic (exact) mass is 440 g/mol. The summed E-state index contributed by atoms with van der Waals surface area (Å²) in [5, 5.41) is 10.2. The van der Waals surface area contributed by atoms with E-state index in [1.165, 1.54) is 20.0 Å². The Morgan fingerprint density at radius 1 is 1.33 bits per heavy atom. The zero-order valence-corrected chi connectivity index (χ0v) is 19.0. The van der Waals surface area contributed by atoms with Gasteiger partial charge in [0.05, 0.1) is 11.5 Å². The van der Waals surface area contributed by atoms with Gasteiger partial charge in [0.25, 0.3) is 0 Å². The highest BCUT2D eigenvalue weighted by atomic mass is 32.2. The molecule has 168 valence electrons. The fraction of sp³-hybridized carbons (Fsp3) is 0.600. The van der Waals surface area contributed by atoms with E-state index in [2.05, 4.69) is 4.99 Å². The quantitative estimate of drug-likeness (QED) is 0.409. The van der Waals surface area contributed by atoms with Gasteiger partial charge in [-0.3, -0.25) is 9.79 Å². The number of ether oxygens (including phenoxy) is 1. The fourth-order valence-electron chi connectivity index (χ4n) is 3.66. The number of carbonyl (C=O) groups is 1. The average molecular weight is 441 g/mol. The Labute approximate surface area is 178 Å². The van der Waals surface area contributed by atoms with Gasteiger partial charge in [0.2, 0.25) is 10.0 Å². The summed E-state index contributed by atoms with van der Waals surface area (Å²) in [6, 6.07) is 4.65. The van der Waals surface area contributed by atoms with Crippen LogP contribution in [0.25, 0.3) is 0 Å². The number of guanidine groups is 1. The predicted octanol–water partition coefficient (Wildman–Crippen LogP) is 1.41. The first-order valence-corrected chi connectivity index (χ1v) is 11.2. The number of hydrogen-bond acceptors (Lipinski definition) is 5. The third kappa shape index (κ3) is 4.11. The smallest absolute Gasteiger partial charge is 0.325 e. The second-order valence-corrected chi connectivity index (χ2v) is 10.4. The van der Waals surface area contributed by atoms with Crippen LogP contribution in [0.2, 0.25) is 0 Å². The van der Waals surface area contributed by atoms with Crippen LogP contribution in [0.4, 0.5) is 0 Å². The summed E-state index contributed by atoms with van der Waals surface area (Å²) in [6.45, 7) is 7.40. The molecule has 30 heavy (non-hydrogen) atoms. The van der Waals surface area contributed by atoms with E-state index in [0.29, 0.717) is 18.8 Å². The Morgan fingerprint density at radius 2 is 1.97 bits per heavy atom. The lowest BCUT2D eigenvalue weighted by atomic mass is 9.65. The second-order valence-electron chi connectivity index (χ2n) is 8.46. The summed E-state index contributed by atoms with van der Waals surface area (Å²) in [6.07, 6.45) is 1.51. The summed E-state index contributed by atoms with van der Waals surface area (Å²) >= 11 is 0. The molecule has 1 aromatic carbocycles. The largest absolute Gasteiger partial charge is 0.493 e.